The molecule has 0 aliphatic heterocycles. The molecule has 0 fully saturated rings. The lowest BCUT2D eigenvalue weighted by molar-refractivity contribution is -0.143. The van der Waals surface area contributed by atoms with Crippen LogP contribution >= 0.6 is 0 Å². The predicted molar refractivity (Wildman–Crippen MR) is 135 cm³/mol. The minimum Gasteiger partial charge on any atom is -0.508 e. The smallest absolute Gasteiger partial charge is 0.326 e. The van der Waals surface area contributed by atoms with E-state index in [0.29, 0.717) is 5.69 Å². The number of aromatic amines is 1. The van der Waals surface area contributed by atoms with Crippen molar-refractivity contribution in [2.45, 2.75) is 64.7 Å². The number of nitrogens with one attached hydrogen (secondary N) is 4. The molecule has 2 rings (SSSR count). The van der Waals surface area contributed by atoms with Gasteiger partial charge in [-0.25, -0.2) is 9.78 Å². The highest BCUT2D eigenvalue weighted by molar-refractivity contribution is 5.94. The van der Waals surface area contributed by atoms with Crippen LogP contribution in [0.4, 0.5) is 0 Å². The van der Waals surface area contributed by atoms with E-state index in [4.69, 9.17) is 5.73 Å². The van der Waals surface area contributed by atoms with Crippen molar-refractivity contribution >= 4 is 23.7 Å². The fourth-order valence-corrected chi connectivity index (χ4v) is 3.63. The lowest BCUT2D eigenvalue weighted by atomic mass is 9.99. The summed E-state index contributed by atoms with van der Waals surface area (Å²) in [6.45, 7) is 6.76. The summed E-state index contributed by atoms with van der Waals surface area (Å²) >= 11 is 0. The van der Waals surface area contributed by atoms with Gasteiger partial charge in [0.15, 0.2) is 0 Å². The van der Waals surface area contributed by atoms with Crippen LogP contribution in [0.5, 0.6) is 5.75 Å². The van der Waals surface area contributed by atoms with Gasteiger partial charge in [-0.3, -0.25) is 14.4 Å². The van der Waals surface area contributed by atoms with Crippen molar-refractivity contribution in [3.63, 3.8) is 0 Å². The Kier molecular flexibility index (Phi) is 10.6. The standard InChI is InChI=1S/C25H36N6O6/c1-13(2)20(24(35)31-21(14(3)4)25(36)37)30-23(34)19(10-16-11-27-12-28-16)29-22(33)18(26)9-15-5-7-17(32)8-6-15/h5-8,11-14,18-21,32H,9-10,26H2,1-4H3,(H,27,28)(H,29,33)(H,30,34)(H,31,35)(H,36,37). The summed E-state index contributed by atoms with van der Waals surface area (Å²) in [7, 11) is 0. The first-order valence-corrected chi connectivity index (χ1v) is 12.0. The third kappa shape index (κ3) is 8.90. The van der Waals surface area contributed by atoms with Crippen LogP contribution in [0.3, 0.4) is 0 Å². The van der Waals surface area contributed by atoms with Crippen LogP contribution in [-0.2, 0) is 32.0 Å². The van der Waals surface area contributed by atoms with Crippen LogP contribution in [0, 0.1) is 11.8 Å². The maximum Gasteiger partial charge on any atom is 0.326 e. The summed E-state index contributed by atoms with van der Waals surface area (Å²) in [6.07, 6.45) is 3.17. The summed E-state index contributed by atoms with van der Waals surface area (Å²) in [5.41, 5.74) is 7.37. The predicted octanol–water partition coefficient (Wildman–Crippen LogP) is 0.0788. The molecule has 1 aromatic carbocycles. The number of rotatable bonds is 13. The maximum atomic E-state index is 13.3. The van der Waals surface area contributed by atoms with Gasteiger partial charge in [0.1, 0.15) is 23.9 Å². The normalized spacial score (nSPS) is 14.5. The van der Waals surface area contributed by atoms with E-state index < -0.39 is 47.9 Å². The summed E-state index contributed by atoms with van der Waals surface area (Å²) in [4.78, 5) is 57.4. The Hall–Kier alpha value is -3.93. The zero-order valence-corrected chi connectivity index (χ0v) is 21.4. The average molecular weight is 517 g/mol. The number of amides is 3. The van der Waals surface area contributed by atoms with Gasteiger partial charge < -0.3 is 36.9 Å². The molecule has 4 unspecified atom stereocenters. The number of aliphatic carboxylic acids is 1. The molecule has 202 valence electrons. The molecule has 1 aromatic heterocycles. The van der Waals surface area contributed by atoms with Crippen molar-refractivity contribution in [1.82, 2.24) is 25.9 Å². The molecular weight excluding hydrogens is 480 g/mol. The first kappa shape index (κ1) is 29.3. The molecular formula is C25H36N6O6. The van der Waals surface area contributed by atoms with Crippen molar-refractivity contribution in [3.05, 3.63) is 48.0 Å². The maximum absolute atomic E-state index is 13.3. The summed E-state index contributed by atoms with van der Waals surface area (Å²) in [5, 5.41) is 26.6. The number of aromatic nitrogens is 2. The van der Waals surface area contributed by atoms with E-state index in [1.807, 2.05) is 0 Å². The van der Waals surface area contributed by atoms with Gasteiger partial charge in [-0.15, -0.1) is 0 Å². The third-order valence-corrected chi connectivity index (χ3v) is 5.82. The Morgan fingerprint density at radius 3 is 2.00 bits per heavy atom. The molecule has 12 heteroatoms. The molecule has 3 amide bonds. The molecule has 1 heterocycles. The number of carbonyl (C=O) groups excluding carboxylic acids is 3. The molecule has 0 spiro atoms. The first-order chi connectivity index (χ1) is 17.4. The number of carboxylic acids is 1. The zero-order chi connectivity index (χ0) is 27.7. The Bertz CT molecular complexity index is 1050. The number of nitrogens with two attached hydrogens (primary N) is 1. The van der Waals surface area contributed by atoms with E-state index in [1.54, 1.807) is 39.8 Å². The number of phenolic OH excluding ortho intramolecular Hbond substituents is 1. The highest BCUT2D eigenvalue weighted by atomic mass is 16.4. The molecule has 0 saturated heterocycles. The Balaban J connectivity index is 2.16. The van der Waals surface area contributed by atoms with Crippen LogP contribution in [0.15, 0.2) is 36.8 Å². The number of carboxylic acid groups (broad SMARTS) is 1. The number of nitrogens with zero attached hydrogens (tertiary/aromatic N) is 1. The first-order valence-electron chi connectivity index (χ1n) is 12.0. The van der Waals surface area contributed by atoms with Crippen LogP contribution in [0.2, 0.25) is 0 Å². The van der Waals surface area contributed by atoms with Gasteiger partial charge in [-0.1, -0.05) is 39.8 Å². The van der Waals surface area contributed by atoms with Gasteiger partial charge in [0, 0.05) is 18.3 Å². The molecule has 0 bridgehead atoms. The van der Waals surface area contributed by atoms with Crippen molar-refractivity contribution in [2.24, 2.45) is 17.6 Å². The number of aromatic hydroxyl groups is 1. The molecule has 0 saturated carbocycles. The topological polar surface area (TPSA) is 200 Å². The van der Waals surface area contributed by atoms with Gasteiger partial charge in [0.25, 0.3) is 0 Å². The highest BCUT2D eigenvalue weighted by Crippen LogP contribution is 2.12. The fraction of sp³-hybridized carbons (Fsp3) is 0.480. The Morgan fingerprint density at radius 1 is 0.892 bits per heavy atom. The molecule has 0 aliphatic carbocycles. The minimum atomic E-state index is -1.18. The summed E-state index contributed by atoms with van der Waals surface area (Å²) in [5.74, 6) is -3.68. The van der Waals surface area contributed by atoms with Crippen molar-refractivity contribution < 1.29 is 29.4 Å². The quantitative estimate of drug-likeness (QED) is 0.194. The molecule has 12 nitrogen and oxygen atoms in total. The minimum absolute atomic E-state index is 0.0552. The highest BCUT2D eigenvalue weighted by Gasteiger charge is 2.33. The van der Waals surface area contributed by atoms with Crippen molar-refractivity contribution in [2.75, 3.05) is 0 Å². The fourth-order valence-electron chi connectivity index (χ4n) is 3.63. The van der Waals surface area contributed by atoms with Crippen LogP contribution in [-0.4, -0.2) is 68.0 Å². The zero-order valence-electron chi connectivity index (χ0n) is 21.4. The molecule has 0 radical (unpaired) electrons. The van der Waals surface area contributed by atoms with E-state index >= 15 is 0 Å². The lowest BCUT2D eigenvalue weighted by Crippen LogP contribution is -2.59. The number of H-pyrrole nitrogens is 1. The summed E-state index contributed by atoms with van der Waals surface area (Å²) in [6, 6.07) is 2.03. The van der Waals surface area contributed by atoms with E-state index in [2.05, 4.69) is 25.9 Å². The van der Waals surface area contributed by atoms with Gasteiger partial charge in [0.2, 0.25) is 17.7 Å². The van der Waals surface area contributed by atoms with Gasteiger partial charge in [0.05, 0.1) is 12.4 Å². The lowest BCUT2D eigenvalue weighted by Gasteiger charge is -2.27. The number of benzene rings is 1. The monoisotopic (exact) mass is 516 g/mol. The number of hydrogen-bond donors (Lipinski definition) is 7. The second kappa shape index (κ2) is 13.4. The van der Waals surface area contributed by atoms with Gasteiger partial charge >= 0.3 is 5.97 Å². The van der Waals surface area contributed by atoms with E-state index in [0.717, 1.165) is 5.56 Å². The molecule has 2 aromatic rings. The Morgan fingerprint density at radius 2 is 1.49 bits per heavy atom. The van der Waals surface area contributed by atoms with E-state index in [-0.39, 0.29) is 30.4 Å². The van der Waals surface area contributed by atoms with E-state index in [1.165, 1.54) is 24.7 Å². The number of hydrogen-bond acceptors (Lipinski definition) is 7. The average Bonchev–Trinajstić information content (AvgIpc) is 3.34. The van der Waals surface area contributed by atoms with Gasteiger partial charge in [-0.05, 0) is 36.0 Å². The molecule has 0 aliphatic rings. The third-order valence-electron chi connectivity index (χ3n) is 5.82. The largest absolute Gasteiger partial charge is 0.508 e. The van der Waals surface area contributed by atoms with Crippen molar-refractivity contribution in [3.8, 4) is 5.75 Å². The number of imidazole rings is 1. The second-order valence-corrected chi connectivity index (χ2v) is 9.62. The van der Waals surface area contributed by atoms with Crippen LogP contribution in [0.1, 0.15) is 39.0 Å². The second-order valence-electron chi connectivity index (χ2n) is 9.62. The van der Waals surface area contributed by atoms with Gasteiger partial charge in [-0.2, -0.15) is 0 Å². The van der Waals surface area contributed by atoms with Crippen LogP contribution < -0.4 is 21.7 Å². The Labute approximate surface area is 215 Å². The summed E-state index contributed by atoms with van der Waals surface area (Å²) < 4.78 is 0. The SMILES string of the molecule is CC(C)C(NC(=O)C(NC(=O)C(Cc1cnc[nH]1)NC(=O)C(N)Cc1ccc(O)cc1)C(C)C)C(=O)O. The molecule has 37 heavy (non-hydrogen) atoms. The van der Waals surface area contributed by atoms with Crippen molar-refractivity contribution in [1.29, 1.82) is 0 Å². The van der Waals surface area contributed by atoms with Crippen LogP contribution in [0.25, 0.3) is 0 Å². The molecule has 8 N–H and O–H groups in total. The number of carbonyl (C=O) groups is 4. The number of phenols is 1. The molecule has 4 atom stereocenters. The van der Waals surface area contributed by atoms with E-state index in [9.17, 15) is 29.4 Å².